The van der Waals surface area contributed by atoms with Crippen LogP contribution in [0, 0.1) is 5.41 Å². The topological polar surface area (TPSA) is 44.4 Å². The molecular formula is C12H25N3O. The van der Waals surface area contributed by atoms with E-state index < -0.39 is 0 Å². The van der Waals surface area contributed by atoms with Crippen LogP contribution in [0.3, 0.4) is 0 Å². The summed E-state index contributed by atoms with van der Waals surface area (Å²) >= 11 is 0. The van der Waals surface area contributed by atoms with E-state index in [1.54, 1.807) is 0 Å². The third-order valence-electron chi connectivity index (χ3n) is 2.88. The second-order valence-electron chi connectivity index (χ2n) is 5.88. The van der Waals surface area contributed by atoms with Gasteiger partial charge in [-0.05, 0) is 12.5 Å². The summed E-state index contributed by atoms with van der Waals surface area (Å²) in [6.07, 6.45) is 0.597. The summed E-state index contributed by atoms with van der Waals surface area (Å²) in [5, 5.41) is 6.32. The summed E-state index contributed by atoms with van der Waals surface area (Å²) in [6.45, 7) is 10.1. The van der Waals surface area contributed by atoms with Gasteiger partial charge in [0, 0.05) is 38.6 Å². The lowest BCUT2D eigenvalue weighted by Gasteiger charge is -2.32. The highest BCUT2D eigenvalue weighted by molar-refractivity contribution is 5.76. The van der Waals surface area contributed by atoms with Crippen molar-refractivity contribution in [1.82, 2.24) is 15.5 Å². The van der Waals surface area contributed by atoms with Crippen molar-refractivity contribution in [2.75, 3.05) is 33.2 Å². The highest BCUT2D eigenvalue weighted by Gasteiger charge is 2.21. The number of nitrogens with zero attached hydrogens (tertiary/aromatic N) is 1. The minimum Gasteiger partial charge on any atom is -0.356 e. The van der Waals surface area contributed by atoms with Crippen LogP contribution in [0.15, 0.2) is 0 Å². The van der Waals surface area contributed by atoms with Gasteiger partial charge in [-0.15, -0.1) is 0 Å². The summed E-state index contributed by atoms with van der Waals surface area (Å²) < 4.78 is 0. The van der Waals surface area contributed by atoms with E-state index in [9.17, 15) is 4.79 Å². The number of hydrogen-bond acceptors (Lipinski definition) is 3. The molecule has 0 saturated carbocycles. The predicted octanol–water partition coefficient (Wildman–Crippen LogP) is 0.442. The first-order chi connectivity index (χ1) is 7.38. The van der Waals surface area contributed by atoms with E-state index in [1.165, 1.54) is 0 Å². The molecule has 0 aromatic heterocycles. The average molecular weight is 227 g/mol. The van der Waals surface area contributed by atoms with Gasteiger partial charge in [0.05, 0.1) is 0 Å². The van der Waals surface area contributed by atoms with E-state index in [4.69, 9.17) is 0 Å². The van der Waals surface area contributed by atoms with Crippen molar-refractivity contribution in [1.29, 1.82) is 0 Å². The largest absolute Gasteiger partial charge is 0.356 e. The van der Waals surface area contributed by atoms with E-state index in [2.05, 4.69) is 43.4 Å². The number of hydrogen-bond donors (Lipinski definition) is 2. The summed E-state index contributed by atoms with van der Waals surface area (Å²) in [7, 11) is 2.09. The van der Waals surface area contributed by atoms with E-state index in [0.717, 1.165) is 26.2 Å². The number of rotatable bonds is 3. The Morgan fingerprint density at radius 2 is 2.19 bits per heavy atom. The van der Waals surface area contributed by atoms with Crippen LogP contribution in [0.4, 0.5) is 0 Å². The van der Waals surface area contributed by atoms with Crippen LogP contribution in [0.2, 0.25) is 0 Å². The van der Waals surface area contributed by atoms with E-state index >= 15 is 0 Å². The number of likely N-dealkylation sites (N-methyl/N-ethyl adjacent to an activating group) is 1. The number of carbonyl (C=O) groups excluding carboxylic acids is 1. The van der Waals surface area contributed by atoms with Gasteiger partial charge in [0.15, 0.2) is 0 Å². The zero-order valence-electron chi connectivity index (χ0n) is 11.0. The van der Waals surface area contributed by atoms with Crippen molar-refractivity contribution in [2.45, 2.75) is 33.2 Å². The number of nitrogens with one attached hydrogen (secondary N) is 2. The van der Waals surface area contributed by atoms with E-state index in [-0.39, 0.29) is 11.3 Å². The number of amides is 1. The monoisotopic (exact) mass is 227 g/mol. The first-order valence-electron chi connectivity index (χ1n) is 6.06. The Balaban J connectivity index is 2.28. The lowest BCUT2D eigenvalue weighted by molar-refractivity contribution is -0.122. The molecule has 4 nitrogen and oxygen atoms in total. The molecule has 1 aliphatic heterocycles. The maximum atomic E-state index is 11.7. The summed E-state index contributed by atoms with van der Waals surface area (Å²) in [5.41, 5.74) is 0.159. The number of piperazine rings is 1. The molecule has 0 aliphatic carbocycles. The van der Waals surface area contributed by atoms with Crippen molar-refractivity contribution in [3.63, 3.8) is 0 Å². The molecule has 94 valence electrons. The van der Waals surface area contributed by atoms with Gasteiger partial charge in [0.2, 0.25) is 5.91 Å². The molecule has 0 aromatic rings. The van der Waals surface area contributed by atoms with Gasteiger partial charge in [-0.25, -0.2) is 0 Å². The van der Waals surface area contributed by atoms with Gasteiger partial charge >= 0.3 is 0 Å². The third-order valence-corrected chi connectivity index (χ3v) is 2.88. The minimum atomic E-state index is 0.159. The zero-order chi connectivity index (χ0) is 12.2. The summed E-state index contributed by atoms with van der Waals surface area (Å²) in [5.74, 6) is 0.162. The molecule has 0 bridgehead atoms. The van der Waals surface area contributed by atoms with Crippen LogP contribution in [0.1, 0.15) is 27.2 Å². The molecule has 0 radical (unpaired) electrons. The van der Waals surface area contributed by atoms with Crippen molar-refractivity contribution in [3.8, 4) is 0 Å². The molecule has 4 heteroatoms. The highest BCUT2D eigenvalue weighted by atomic mass is 16.1. The molecule has 1 amide bonds. The maximum Gasteiger partial charge on any atom is 0.221 e. The van der Waals surface area contributed by atoms with Gasteiger partial charge < -0.3 is 15.5 Å². The fraction of sp³-hybridized carbons (Fsp3) is 0.917. The minimum absolute atomic E-state index is 0.159. The SMILES string of the molecule is CN1CCNCC1CC(=O)NCC(C)(C)C. The van der Waals surface area contributed by atoms with E-state index in [1.807, 2.05) is 0 Å². The molecule has 2 N–H and O–H groups in total. The zero-order valence-corrected chi connectivity index (χ0v) is 11.0. The van der Waals surface area contributed by atoms with Crippen LogP contribution < -0.4 is 10.6 Å². The fourth-order valence-corrected chi connectivity index (χ4v) is 1.74. The molecule has 1 unspecified atom stereocenters. The Hall–Kier alpha value is -0.610. The standard InChI is InChI=1S/C12H25N3O/c1-12(2,3)9-14-11(16)7-10-8-13-5-6-15(10)4/h10,13H,5-9H2,1-4H3,(H,14,16). The Morgan fingerprint density at radius 1 is 1.50 bits per heavy atom. The average Bonchev–Trinajstić information content (AvgIpc) is 2.18. The molecule has 1 rings (SSSR count). The van der Waals surface area contributed by atoms with Crippen LogP contribution in [0.5, 0.6) is 0 Å². The predicted molar refractivity (Wildman–Crippen MR) is 66.4 cm³/mol. The quantitative estimate of drug-likeness (QED) is 0.735. The first kappa shape index (κ1) is 13.5. The van der Waals surface area contributed by atoms with E-state index in [0.29, 0.717) is 12.5 Å². The fourth-order valence-electron chi connectivity index (χ4n) is 1.74. The lowest BCUT2D eigenvalue weighted by atomic mass is 9.97. The van der Waals surface area contributed by atoms with Gasteiger partial charge in [-0.2, -0.15) is 0 Å². The van der Waals surface area contributed by atoms with Crippen molar-refractivity contribution in [3.05, 3.63) is 0 Å². The number of carbonyl (C=O) groups is 1. The molecule has 1 atom stereocenters. The van der Waals surface area contributed by atoms with Crippen molar-refractivity contribution in [2.24, 2.45) is 5.41 Å². The molecular weight excluding hydrogens is 202 g/mol. The van der Waals surface area contributed by atoms with Gasteiger partial charge in [-0.3, -0.25) is 4.79 Å². The Kier molecular flexibility index (Phi) is 4.74. The molecule has 1 saturated heterocycles. The van der Waals surface area contributed by atoms with Crippen molar-refractivity contribution < 1.29 is 4.79 Å². The first-order valence-corrected chi connectivity index (χ1v) is 6.06. The second-order valence-corrected chi connectivity index (χ2v) is 5.88. The normalized spacial score (nSPS) is 23.1. The van der Waals surface area contributed by atoms with Crippen LogP contribution in [0.25, 0.3) is 0 Å². The third kappa shape index (κ3) is 4.94. The Bertz CT molecular complexity index is 235. The van der Waals surface area contributed by atoms with Gasteiger partial charge in [-0.1, -0.05) is 20.8 Å². The highest BCUT2D eigenvalue weighted by Crippen LogP contribution is 2.11. The van der Waals surface area contributed by atoms with Crippen molar-refractivity contribution >= 4 is 5.91 Å². The second kappa shape index (κ2) is 5.64. The molecule has 1 fully saturated rings. The molecule has 0 spiro atoms. The van der Waals surface area contributed by atoms with Crippen LogP contribution >= 0.6 is 0 Å². The Morgan fingerprint density at radius 3 is 2.75 bits per heavy atom. The van der Waals surface area contributed by atoms with Crippen LogP contribution in [-0.4, -0.2) is 50.1 Å². The smallest absolute Gasteiger partial charge is 0.221 e. The van der Waals surface area contributed by atoms with Crippen LogP contribution in [-0.2, 0) is 4.79 Å². The van der Waals surface area contributed by atoms with Gasteiger partial charge in [0.25, 0.3) is 0 Å². The Labute approximate surface area is 98.8 Å². The molecule has 1 heterocycles. The van der Waals surface area contributed by atoms with Gasteiger partial charge in [0.1, 0.15) is 0 Å². The summed E-state index contributed by atoms with van der Waals surface area (Å²) in [4.78, 5) is 14.0. The molecule has 16 heavy (non-hydrogen) atoms. The lowest BCUT2D eigenvalue weighted by Crippen LogP contribution is -2.51. The summed E-state index contributed by atoms with van der Waals surface area (Å²) in [6, 6.07) is 0.341. The molecule has 0 aromatic carbocycles. The maximum absolute atomic E-state index is 11.7. The molecule has 1 aliphatic rings.